The Balaban J connectivity index is 3.21. The molecule has 0 aliphatic heterocycles. The molecule has 7 nitrogen and oxygen atoms in total. The molecule has 0 aromatic heterocycles. The van der Waals surface area contributed by atoms with Crippen LogP contribution in [0.5, 0.6) is 0 Å². The minimum absolute atomic E-state index is 0.0570. The average Bonchev–Trinajstić information content (AvgIpc) is 2.42. The van der Waals surface area contributed by atoms with Gasteiger partial charge in [0, 0.05) is 25.7 Å². The lowest BCUT2D eigenvalue weighted by atomic mass is 10.1. The third-order valence-electron chi connectivity index (χ3n) is 3.07. The van der Waals surface area contributed by atoms with E-state index in [0.29, 0.717) is 18.8 Å². The van der Waals surface area contributed by atoms with Crippen molar-refractivity contribution in [1.29, 1.82) is 0 Å². The zero-order valence-electron chi connectivity index (χ0n) is 12.6. The maximum Gasteiger partial charge on any atom is 0.335 e. The second-order valence-corrected chi connectivity index (χ2v) is 5.06. The van der Waals surface area contributed by atoms with Crippen LogP contribution in [0.3, 0.4) is 0 Å². The fourth-order valence-electron chi connectivity index (χ4n) is 2.01. The van der Waals surface area contributed by atoms with Crippen molar-refractivity contribution >= 4 is 17.3 Å². The van der Waals surface area contributed by atoms with Gasteiger partial charge in [0.25, 0.3) is 5.69 Å². The molecule has 0 amide bonds. The first-order chi connectivity index (χ1) is 9.86. The lowest BCUT2D eigenvalue weighted by Gasteiger charge is -2.25. The van der Waals surface area contributed by atoms with Gasteiger partial charge in [0.1, 0.15) is 5.69 Å². The van der Waals surface area contributed by atoms with Gasteiger partial charge in [0.2, 0.25) is 0 Å². The number of nitro benzene ring substituents is 1. The largest absolute Gasteiger partial charge is 0.478 e. The number of carbonyl (C=O) groups is 1. The highest BCUT2D eigenvalue weighted by atomic mass is 16.6. The van der Waals surface area contributed by atoms with Crippen molar-refractivity contribution in [1.82, 2.24) is 4.90 Å². The van der Waals surface area contributed by atoms with Crippen LogP contribution in [0.1, 0.15) is 23.7 Å². The first-order valence-corrected chi connectivity index (χ1v) is 6.78. The molecule has 1 rings (SSSR count). The van der Waals surface area contributed by atoms with Gasteiger partial charge in [-0.3, -0.25) is 10.1 Å². The molecule has 0 atom stereocenters. The van der Waals surface area contributed by atoms with Gasteiger partial charge in [-0.25, -0.2) is 4.79 Å². The van der Waals surface area contributed by atoms with Crippen LogP contribution < -0.4 is 4.90 Å². The second-order valence-electron chi connectivity index (χ2n) is 5.06. The first-order valence-electron chi connectivity index (χ1n) is 6.78. The molecule has 0 saturated carbocycles. The molecule has 116 valence electrons. The van der Waals surface area contributed by atoms with Gasteiger partial charge in [0.05, 0.1) is 10.5 Å². The van der Waals surface area contributed by atoms with Crippen LogP contribution in [-0.2, 0) is 0 Å². The zero-order chi connectivity index (χ0) is 16.0. The lowest BCUT2D eigenvalue weighted by Crippen LogP contribution is -2.32. The van der Waals surface area contributed by atoms with E-state index in [4.69, 9.17) is 5.11 Å². The third-order valence-corrected chi connectivity index (χ3v) is 3.07. The van der Waals surface area contributed by atoms with Crippen LogP contribution in [0.2, 0.25) is 0 Å². The number of carboxylic acids is 1. The monoisotopic (exact) mass is 295 g/mol. The molecule has 1 N–H and O–H groups in total. The van der Waals surface area contributed by atoms with Gasteiger partial charge in [-0.2, -0.15) is 0 Å². The summed E-state index contributed by atoms with van der Waals surface area (Å²) >= 11 is 0. The number of rotatable bonds is 8. The number of aromatic carboxylic acids is 1. The highest BCUT2D eigenvalue weighted by Crippen LogP contribution is 2.29. The molecule has 0 spiro atoms. The summed E-state index contributed by atoms with van der Waals surface area (Å²) < 4.78 is 0. The smallest absolute Gasteiger partial charge is 0.335 e. The summed E-state index contributed by atoms with van der Waals surface area (Å²) in [6, 6.07) is 3.91. The summed E-state index contributed by atoms with van der Waals surface area (Å²) in [5, 5.41) is 20.2. The SMILES string of the molecule is CCCN(CCN(C)C)c1cc(C(=O)O)ccc1[N+](=O)[O-]. The maximum atomic E-state index is 11.2. The standard InChI is InChI=1S/C14H21N3O4/c1-4-7-16(9-8-15(2)3)13-10-11(14(18)19)5-6-12(13)17(20)21/h5-6,10H,4,7-9H2,1-3H3,(H,18,19). The number of benzene rings is 1. The van der Waals surface area contributed by atoms with E-state index < -0.39 is 10.9 Å². The number of anilines is 1. The Kier molecular flexibility index (Phi) is 6.10. The van der Waals surface area contributed by atoms with Gasteiger partial charge in [-0.1, -0.05) is 6.92 Å². The molecular weight excluding hydrogens is 274 g/mol. The van der Waals surface area contributed by atoms with E-state index in [9.17, 15) is 14.9 Å². The van der Waals surface area contributed by atoms with Crippen LogP contribution in [-0.4, -0.2) is 54.6 Å². The highest BCUT2D eigenvalue weighted by Gasteiger charge is 2.21. The summed E-state index contributed by atoms with van der Waals surface area (Å²) in [4.78, 5) is 25.6. The minimum atomic E-state index is -1.09. The number of hydrogen-bond acceptors (Lipinski definition) is 5. The fraction of sp³-hybridized carbons (Fsp3) is 0.500. The predicted octanol–water partition coefficient (Wildman–Crippen LogP) is 2.07. The van der Waals surface area contributed by atoms with Crippen molar-refractivity contribution in [3.8, 4) is 0 Å². The molecular formula is C14H21N3O4. The third kappa shape index (κ3) is 4.71. The molecule has 0 heterocycles. The van der Waals surface area contributed by atoms with Gasteiger partial charge in [0.15, 0.2) is 0 Å². The van der Waals surface area contributed by atoms with Crippen molar-refractivity contribution in [2.75, 3.05) is 38.6 Å². The van der Waals surface area contributed by atoms with Gasteiger partial charge in [-0.15, -0.1) is 0 Å². The number of likely N-dealkylation sites (N-methyl/N-ethyl adjacent to an activating group) is 1. The number of hydrogen-bond donors (Lipinski definition) is 1. The Labute approximate surface area is 123 Å². The molecule has 21 heavy (non-hydrogen) atoms. The summed E-state index contributed by atoms with van der Waals surface area (Å²) in [5.41, 5.74) is 0.359. The molecule has 0 aliphatic rings. The van der Waals surface area contributed by atoms with Crippen molar-refractivity contribution in [2.24, 2.45) is 0 Å². The molecule has 0 saturated heterocycles. The summed E-state index contributed by atoms with van der Waals surface area (Å²) in [6.07, 6.45) is 0.821. The topological polar surface area (TPSA) is 86.9 Å². The van der Waals surface area contributed by atoms with Gasteiger partial charge in [-0.05, 0) is 32.6 Å². The van der Waals surface area contributed by atoms with Crippen molar-refractivity contribution in [3.05, 3.63) is 33.9 Å². The zero-order valence-corrected chi connectivity index (χ0v) is 12.6. The van der Waals surface area contributed by atoms with Crippen LogP contribution in [0.25, 0.3) is 0 Å². The van der Waals surface area contributed by atoms with E-state index in [1.807, 2.05) is 30.8 Å². The summed E-state index contributed by atoms with van der Waals surface area (Å²) in [6.45, 7) is 3.95. The summed E-state index contributed by atoms with van der Waals surface area (Å²) in [5.74, 6) is -1.09. The Morgan fingerprint density at radius 3 is 2.43 bits per heavy atom. The van der Waals surface area contributed by atoms with Crippen LogP contribution in [0.15, 0.2) is 18.2 Å². The normalized spacial score (nSPS) is 10.7. The van der Waals surface area contributed by atoms with Gasteiger partial charge >= 0.3 is 5.97 Å². The molecule has 1 aromatic rings. The van der Waals surface area contributed by atoms with Crippen LogP contribution in [0, 0.1) is 10.1 Å². The van der Waals surface area contributed by atoms with E-state index in [1.54, 1.807) is 0 Å². The van der Waals surface area contributed by atoms with Crippen molar-refractivity contribution in [3.63, 3.8) is 0 Å². The van der Waals surface area contributed by atoms with Crippen molar-refractivity contribution in [2.45, 2.75) is 13.3 Å². The maximum absolute atomic E-state index is 11.2. The van der Waals surface area contributed by atoms with Gasteiger partial charge < -0.3 is 14.9 Å². The number of carboxylic acid groups (broad SMARTS) is 1. The molecule has 0 aliphatic carbocycles. The van der Waals surface area contributed by atoms with E-state index >= 15 is 0 Å². The average molecular weight is 295 g/mol. The molecule has 1 aromatic carbocycles. The lowest BCUT2D eigenvalue weighted by molar-refractivity contribution is -0.384. The van der Waals surface area contributed by atoms with E-state index in [2.05, 4.69) is 0 Å². The first kappa shape index (κ1) is 16.9. The van der Waals surface area contributed by atoms with E-state index in [0.717, 1.165) is 13.0 Å². The van der Waals surface area contributed by atoms with Crippen LogP contribution >= 0.6 is 0 Å². The number of nitrogens with zero attached hydrogens (tertiary/aromatic N) is 3. The Morgan fingerprint density at radius 2 is 1.95 bits per heavy atom. The van der Waals surface area contributed by atoms with Crippen molar-refractivity contribution < 1.29 is 14.8 Å². The van der Waals surface area contributed by atoms with Crippen LogP contribution in [0.4, 0.5) is 11.4 Å². The molecule has 0 bridgehead atoms. The van der Waals surface area contributed by atoms with E-state index in [1.165, 1.54) is 18.2 Å². The fourth-order valence-corrected chi connectivity index (χ4v) is 2.01. The highest BCUT2D eigenvalue weighted by molar-refractivity contribution is 5.90. The molecule has 0 radical (unpaired) electrons. The predicted molar refractivity (Wildman–Crippen MR) is 81.1 cm³/mol. The molecule has 0 fully saturated rings. The Hall–Kier alpha value is -2.15. The Morgan fingerprint density at radius 1 is 1.29 bits per heavy atom. The minimum Gasteiger partial charge on any atom is -0.478 e. The van der Waals surface area contributed by atoms with E-state index in [-0.39, 0.29) is 11.3 Å². The summed E-state index contributed by atoms with van der Waals surface area (Å²) in [7, 11) is 3.85. The number of nitro groups is 1. The second kappa shape index (κ2) is 7.58. The molecule has 7 heteroatoms. The quantitative estimate of drug-likeness (QED) is 0.583. The Bertz CT molecular complexity index is 517. The molecule has 0 unspecified atom stereocenters.